The Balaban J connectivity index is 2.12. The molecule has 140 valence electrons. The van der Waals surface area contributed by atoms with Gasteiger partial charge in [-0.3, -0.25) is 0 Å². The standard InChI is InChI=1S/C21H13N5O3/c1-28-21(27)14-8-16(25-18(12-24)15(10-22)11-23)20-17(9-14)26-19(29-20)7-13-5-3-2-4-6-13/h2-6,8-9,25H,7H2,1H3. The van der Waals surface area contributed by atoms with E-state index >= 15 is 0 Å². The molecule has 2 aromatic carbocycles. The lowest BCUT2D eigenvalue weighted by Crippen LogP contribution is -2.05. The topological polar surface area (TPSA) is 136 Å². The third kappa shape index (κ3) is 4.05. The fourth-order valence-electron chi connectivity index (χ4n) is 2.67. The number of benzene rings is 2. The van der Waals surface area contributed by atoms with E-state index in [1.54, 1.807) is 18.2 Å². The lowest BCUT2D eigenvalue weighted by atomic mass is 10.1. The van der Waals surface area contributed by atoms with Crippen molar-refractivity contribution in [3.8, 4) is 18.2 Å². The van der Waals surface area contributed by atoms with Crippen LogP contribution in [0.15, 0.2) is 58.2 Å². The zero-order valence-electron chi connectivity index (χ0n) is 15.3. The Morgan fingerprint density at radius 3 is 2.48 bits per heavy atom. The molecule has 8 heteroatoms. The van der Waals surface area contributed by atoms with Crippen LogP contribution in [0.1, 0.15) is 21.8 Å². The number of methoxy groups -OCH3 is 1. The Morgan fingerprint density at radius 1 is 1.14 bits per heavy atom. The monoisotopic (exact) mass is 383 g/mol. The van der Waals surface area contributed by atoms with Crippen molar-refractivity contribution in [1.29, 1.82) is 15.8 Å². The Labute approximate surface area is 165 Å². The number of aromatic nitrogens is 1. The van der Waals surface area contributed by atoms with Crippen LogP contribution >= 0.6 is 0 Å². The number of nitrogens with one attached hydrogen (secondary N) is 1. The number of esters is 1. The number of nitriles is 3. The Bertz CT molecular complexity index is 1220. The number of ether oxygens (including phenoxy) is 1. The van der Waals surface area contributed by atoms with Crippen LogP contribution in [0.5, 0.6) is 0 Å². The van der Waals surface area contributed by atoms with Crippen LogP contribution in [0.3, 0.4) is 0 Å². The molecule has 0 aliphatic heterocycles. The van der Waals surface area contributed by atoms with Gasteiger partial charge in [0.15, 0.2) is 17.0 Å². The second kappa shape index (κ2) is 8.39. The number of carbonyl (C=O) groups is 1. The second-order valence-corrected chi connectivity index (χ2v) is 5.84. The quantitative estimate of drug-likeness (QED) is 0.523. The molecular formula is C21H13N5O3. The van der Waals surface area contributed by atoms with Crippen molar-refractivity contribution < 1.29 is 13.9 Å². The molecule has 0 aliphatic carbocycles. The molecule has 0 atom stereocenters. The average Bonchev–Trinajstić information content (AvgIpc) is 3.16. The van der Waals surface area contributed by atoms with Gasteiger partial charge >= 0.3 is 5.97 Å². The van der Waals surface area contributed by atoms with E-state index in [1.807, 2.05) is 30.3 Å². The minimum atomic E-state index is -0.606. The predicted octanol–water partition coefficient (Wildman–Crippen LogP) is 3.44. The number of rotatable bonds is 5. The zero-order chi connectivity index (χ0) is 20.8. The van der Waals surface area contributed by atoms with Gasteiger partial charge in [-0.25, -0.2) is 9.78 Å². The number of allylic oxidation sites excluding steroid dienone is 2. The summed E-state index contributed by atoms with van der Waals surface area (Å²) >= 11 is 0. The van der Waals surface area contributed by atoms with E-state index in [-0.39, 0.29) is 22.5 Å². The highest BCUT2D eigenvalue weighted by atomic mass is 16.5. The molecule has 0 unspecified atom stereocenters. The summed E-state index contributed by atoms with van der Waals surface area (Å²) in [4.78, 5) is 16.4. The van der Waals surface area contributed by atoms with Crippen LogP contribution in [-0.4, -0.2) is 18.1 Å². The molecule has 0 radical (unpaired) electrons. The molecule has 1 aromatic heterocycles. The van der Waals surface area contributed by atoms with E-state index in [9.17, 15) is 10.1 Å². The molecule has 29 heavy (non-hydrogen) atoms. The maximum atomic E-state index is 12.0. The lowest BCUT2D eigenvalue weighted by Gasteiger charge is -2.07. The number of hydrogen-bond donors (Lipinski definition) is 1. The van der Waals surface area contributed by atoms with Crippen molar-refractivity contribution in [3.05, 3.63) is 70.8 Å². The molecule has 3 rings (SSSR count). The largest absolute Gasteiger partial charge is 0.465 e. The first kappa shape index (κ1) is 19.2. The van der Waals surface area contributed by atoms with E-state index in [0.717, 1.165) is 5.56 Å². The summed E-state index contributed by atoms with van der Waals surface area (Å²) in [6, 6.07) is 17.6. The highest BCUT2D eigenvalue weighted by Gasteiger charge is 2.18. The summed E-state index contributed by atoms with van der Waals surface area (Å²) in [5.41, 5.74) is 1.37. The molecule has 0 fully saturated rings. The number of fused-ring (bicyclic) bond motifs is 1. The summed E-state index contributed by atoms with van der Waals surface area (Å²) in [5, 5.41) is 30.1. The van der Waals surface area contributed by atoms with Gasteiger partial charge in [0, 0.05) is 6.42 Å². The Hall–Kier alpha value is -4.61. The van der Waals surface area contributed by atoms with Crippen molar-refractivity contribution in [1.82, 2.24) is 4.98 Å². The van der Waals surface area contributed by atoms with Crippen molar-refractivity contribution in [2.45, 2.75) is 6.42 Å². The lowest BCUT2D eigenvalue weighted by molar-refractivity contribution is 0.0601. The molecule has 0 spiro atoms. The number of carbonyl (C=O) groups excluding carboxylic acids is 1. The summed E-state index contributed by atoms with van der Waals surface area (Å²) in [6.45, 7) is 0. The molecule has 1 N–H and O–H groups in total. The fraction of sp³-hybridized carbons (Fsp3) is 0.0952. The summed E-state index contributed by atoms with van der Waals surface area (Å²) in [6.07, 6.45) is 0.422. The minimum absolute atomic E-state index is 0.176. The molecule has 0 saturated heterocycles. The van der Waals surface area contributed by atoms with E-state index in [4.69, 9.17) is 19.7 Å². The van der Waals surface area contributed by atoms with Gasteiger partial charge in [0.2, 0.25) is 0 Å². The van der Waals surface area contributed by atoms with E-state index in [2.05, 4.69) is 10.3 Å². The maximum absolute atomic E-state index is 12.0. The minimum Gasteiger partial charge on any atom is -0.465 e. The van der Waals surface area contributed by atoms with E-state index in [0.29, 0.717) is 17.8 Å². The smallest absolute Gasteiger partial charge is 0.338 e. The molecule has 0 bridgehead atoms. The fourth-order valence-corrected chi connectivity index (χ4v) is 2.67. The van der Waals surface area contributed by atoms with Crippen LogP contribution in [0, 0.1) is 34.0 Å². The first-order valence-electron chi connectivity index (χ1n) is 8.37. The molecule has 8 nitrogen and oxygen atoms in total. The third-order valence-corrected chi connectivity index (χ3v) is 4.00. The summed E-state index contributed by atoms with van der Waals surface area (Å²) in [5.74, 6) is -0.203. The SMILES string of the molecule is COC(=O)c1cc(NC(C#N)=C(C#N)C#N)c2oc(Cc3ccccc3)nc2c1. The van der Waals surface area contributed by atoms with Crippen molar-refractivity contribution >= 4 is 22.8 Å². The van der Waals surface area contributed by atoms with Crippen LogP contribution < -0.4 is 5.32 Å². The zero-order valence-corrected chi connectivity index (χ0v) is 15.3. The van der Waals surface area contributed by atoms with Gasteiger partial charge in [0.25, 0.3) is 0 Å². The number of anilines is 1. The molecule has 1 heterocycles. The average molecular weight is 383 g/mol. The molecule has 3 aromatic rings. The third-order valence-electron chi connectivity index (χ3n) is 4.00. The highest BCUT2D eigenvalue weighted by molar-refractivity contribution is 5.98. The summed E-state index contributed by atoms with van der Waals surface area (Å²) in [7, 11) is 1.24. The van der Waals surface area contributed by atoms with Crippen LogP contribution in [0.4, 0.5) is 5.69 Å². The molecule has 0 amide bonds. The van der Waals surface area contributed by atoms with Gasteiger partial charge in [0.1, 0.15) is 29.4 Å². The van der Waals surface area contributed by atoms with E-state index < -0.39 is 11.5 Å². The number of oxazole rings is 1. The van der Waals surface area contributed by atoms with Crippen LogP contribution in [-0.2, 0) is 11.2 Å². The number of hydrogen-bond acceptors (Lipinski definition) is 8. The molecular weight excluding hydrogens is 370 g/mol. The normalized spacial score (nSPS) is 9.72. The molecule has 0 aliphatic rings. The first-order chi connectivity index (χ1) is 14.1. The van der Waals surface area contributed by atoms with Crippen LogP contribution in [0.25, 0.3) is 11.1 Å². The van der Waals surface area contributed by atoms with Gasteiger partial charge in [-0.1, -0.05) is 30.3 Å². The van der Waals surface area contributed by atoms with Crippen molar-refractivity contribution in [2.75, 3.05) is 12.4 Å². The van der Waals surface area contributed by atoms with Crippen molar-refractivity contribution in [3.63, 3.8) is 0 Å². The maximum Gasteiger partial charge on any atom is 0.338 e. The Morgan fingerprint density at radius 2 is 1.86 bits per heavy atom. The highest BCUT2D eigenvalue weighted by Crippen LogP contribution is 2.29. The van der Waals surface area contributed by atoms with Gasteiger partial charge in [0.05, 0.1) is 18.4 Å². The predicted molar refractivity (Wildman–Crippen MR) is 102 cm³/mol. The Kier molecular flexibility index (Phi) is 5.54. The number of nitrogens with zero attached hydrogens (tertiary/aromatic N) is 4. The molecule has 0 saturated carbocycles. The van der Waals surface area contributed by atoms with E-state index in [1.165, 1.54) is 19.2 Å². The second-order valence-electron chi connectivity index (χ2n) is 5.84. The van der Waals surface area contributed by atoms with Crippen molar-refractivity contribution in [2.24, 2.45) is 0 Å². The van der Waals surface area contributed by atoms with Crippen LogP contribution in [0.2, 0.25) is 0 Å². The summed E-state index contributed by atoms with van der Waals surface area (Å²) < 4.78 is 10.6. The van der Waals surface area contributed by atoms with Gasteiger partial charge in [-0.05, 0) is 17.7 Å². The first-order valence-corrected chi connectivity index (χ1v) is 8.37. The van der Waals surface area contributed by atoms with Gasteiger partial charge in [-0.2, -0.15) is 15.8 Å². The van der Waals surface area contributed by atoms with Gasteiger partial charge in [-0.15, -0.1) is 0 Å². The van der Waals surface area contributed by atoms with Gasteiger partial charge < -0.3 is 14.5 Å².